The van der Waals surface area contributed by atoms with Gasteiger partial charge >= 0.3 is 5.97 Å². The Morgan fingerprint density at radius 2 is 1.94 bits per heavy atom. The first-order chi connectivity index (χ1) is 7.58. The van der Waals surface area contributed by atoms with Crippen LogP contribution in [0.2, 0.25) is 0 Å². The molecular formula is C11H16ClNO4. The van der Waals surface area contributed by atoms with Gasteiger partial charge in [-0.1, -0.05) is 6.07 Å². The maximum Gasteiger partial charge on any atom is 0.305 e. The molecule has 0 aromatic heterocycles. The minimum absolute atomic E-state index is 0. The average molecular weight is 262 g/mol. The van der Waals surface area contributed by atoms with Gasteiger partial charge in [0.2, 0.25) is 0 Å². The molecule has 3 N–H and O–H groups in total. The Morgan fingerprint density at radius 1 is 1.35 bits per heavy atom. The van der Waals surface area contributed by atoms with Gasteiger partial charge in [-0.25, -0.2) is 0 Å². The van der Waals surface area contributed by atoms with Gasteiger partial charge in [-0.2, -0.15) is 0 Å². The largest absolute Gasteiger partial charge is 0.493 e. The second kappa shape index (κ2) is 6.98. The van der Waals surface area contributed by atoms with E-state index in [1.165, 1.54) is 14.2 Å². The predicted molar refractivity (Wildman–Crippen MR) is 66.0 cm³/mol. The molecule has 0 aliphatic carbocycles. The van der Waals surface area contributed by atoms with Crippen LogP contribution in [-0.2, 0) is 4.79 Å². The van der Waals surface area contributed by atoms with E-state index < -0.39 is 12.0 Å². The lowest BCUT2D eigenvalue weighted by atomic mass is 10.0. The van der Waals surface area contributed by atoms with Crippen LogP contribution in [-0.4, -0.2) is 25.3 Å². The van der Waals surface area contributed by atoms with Crippen LogP contribution < -0.4 is 15.2 Å². The molecule has 1 aromatic rings. The predicted octanol–water partition coefficient (Wildman–Crippen LogP) is 1.60. The number of halogens is 1. The number of nitrogens with two attached hydrogens (primary N) is 1. The van der Waals surface area contributed by atoms with Crippen LogP contribution >= 0.6 is 12.4 Å². The van der Waals surface area contributed by atoms with Crippen molar-refractivity contribution in [2.75, 3.05) is 14.2 Å². The van der Waals surface area contributed by atoms with Gasteiger partial charge < -0.3 is 20.3 Å². The van der Waals surface area contributed by atoms with Crippen molar-refractivity contribution < 1.29 is 19.4 Å². The number of hydrogen-bond donors (Lipinski definition) is 2. The zero-order valence-corrected chi connectivity index (χ0v) is 10.5. The molecule has 96 valence electrons. The highest BCUT2D eigenvalue weighted by Crippen LogP contribution is 2.30. The number of methoxy groups -OCH3 is 2. The average Bonchev–Trinajstić information content (AvgIpc) is 2.27. The zero-order valence-electron chi connectivity index (χ0n) is 9.67. The molecule has 0 spiro atoms. The second-order valence-corrected chi connectivity index (χ2v) is 3.32. The number of ether oxygens (including phenoxy) is 2. The topological polar surface area (TPSA) is 81.8 Å². The van der Waals surface area contributed by atoms with Gasteiger partial charge in [-0.3, -0.25) is 4.79 Å². The summed E-state index contributed by atoms with van der Waals surface area (Å²) < 4.78 is 10.2. The maximum atomic E-state index is 10.5. The highest BCUT2D eigenvalue weighted by molar-refractivity contribution is 5.85. The van der Waals surface area contributed by atoms with E-state index >= 15 is 0 Å². The van der Waals surface area contributed by atoms with Crippen LogP contribution in [0, 0.1) is 0 Å². The first-order valence-corrected chi connectivity index (χ1v) is 4.77. The molecule has 0 saturated heterocycles. The van der Waals surface area contributed by atoms with Crippen LogP contribution in [0.5, 0.6) is 11.5 Å². The standard InChI is InChI=1S/C11H15NO4.ClH/c1-15-9-4-3-7(5-10(9)16-2)8(12)6-11(13)14;/h3-5,8H,6,12H2,1-2H3,(H,13,14);1H. The van der Waals surface area contributed by atoms with E-state index in [0.717, 1.165) is 0 Å². The smallest absolute Gasteiger partial charge is 0.305 e. The number of carboxylic acids is 1. The molecule has 17 heavy (non-hydrogen) atoms. The van der Waals surface area contributed by atoms with Crippen molar-refractivity contribution in [3.8, 4) is 11.5 Å². The van der Waals surface area contributed by atoms with Gasteiger partial charge in [0.15, 0.2) is 11.5 Å². The lowest BCUT2D eigenvalue weighted by Gasteiger charge is -2.13. The normalized spacial score (nSPS) is 11.2. The number of aliphatic carboxylic acids is 1. The van der Waals surface area contributed by atoms with Crippen molar-refractivity contribution in [3.05, 3.63) is 23.8 Å². The SMILES string of the molecule is COc1ccc(C(N)CC(=O)O)cc1OC.Cl. The summed E-state index contributed by atoms with van der Waals surface area (Å²) in [7, 11) is 3.05. The minimum Gasteiger partial charge on any atom is -0.493 e. The van der Waals surface area contributed by atoms with Crippen LogP contribution in [0.15, 0.2) is 18.2 Å². The molecule has 0 aliphatic heterocycles. The summed E-state index contributed by atoms with van der Waals surface area (Å²) >= 11 is 0. The first kappa shape index (κ1) is 15.5. The lowest BCUT2D eigenvalue weighted by Crippen LogP contribution is -2.15. The Labute approximate surface area is 106 Å². The van der Waals surface area contributed by atoms with Crippen molar-refractivity contribution in [2.24, 2.45) is 5.73 Å². The fourth-order valence-electron chi connectivity index (χ4n) is 1.39. The minimum atomic E-state index is -0.928. The Bertz CT molecular complexity index is 384. The van der Waals surface area contributed by atoms with Crippen molar-refractivity contribution in [1.29, 1.82) is 0 Å². The third-order valence-corrected chi connectivity index (χ3v) is 2.23. The first-order valence-electron chi connectivity index (χ1n) is 4.77. The molecule has 0 aliphatic rings. The molecule has 0 amide bonds. The highest BCUT2D eigenvalue weighted by Gasteiger charge is 2.13. The highest BCUT2D eigenvalue weighted by atomic mass is 35.5. The van der Waals surface area contributed by atoms with Crippen LogP contribution in [0.4, 0.5) is 0 Å². The Hall–Kier alpha value is -1.46. The summed E-state index contributed by atoms with van der Waals surface area (Å²) in [5.41, 5.74) is 6.44. The summed E-state index contributed by atoms with van der Waals surface area (Å²) in [6.45, 7) is 0. The molecule has 0 heterocycles. The third kappa shape index (κ3) is 4.13. The number of rotatable bonds is 5. The number of carbonyl (C=O) groups is 1. The maximum absolute atomic E-state index is 10.5. The van der Waals surface area contributed by atoms with Gasteiger partial charge in [-0.15, -0.1) is 12.4 Å². The fourth-order valence-corrected chi connectivity index (χ4v) is 1.39. The summed E-state index contributed by atoms with van der Waals surface area (Å²) in [6, 6.07) is 4.58. The Morgan fingerprint density at radius 3 is 2.41 bits per heavy atom. The molecule has 0 saturated carbocycles. The number of hydrogen-bond acceptors (Lipinski definition) is 4. The van der Waals surface area contributed by atoms with E-state index in [2.05, 4.69) is 0 Å². The van der Waals surface area contributed by atoms with Gasteiger partial charge in [0.25, 0.3) is 0 Å². The molecule has 0 radical (unpaired) electrons. The van der Waals surface area contributed by atoms with Crippen molar-refractivity contribution in [2.45, 2.75) is 12.5 Å². The van der Waals surface area contributed by atoms with Gasteiger partial charge in [0, 0.05) is 6.04 Å². The van der Waals surface area contributed by atoms with E-state index in [1.807, 2.05) is 0 Å². The molecular weight excluding hydrogens is 246 g/mol. The monoisotopic (exact) mass is 261 g/mol. The molecule has 1 atom stereocenters. The zero-order chi connectivity index (χ0) is 12.1. The van der Waals surface area contributed by atoms with Crippen molar-refractivity contribution in [3.63, 3.8) is 0 Å². The molecule has 6 heteroatoms. The van der Waals surface area contributed by atoms with Gasteiger partial charge in [-0.05, 0) is 17.7 Å². The molecule has 0 fully saturated rings. The number of benzene rings is 1. The fraction of sp³-hybridized carbons (Fsp3) is 0.364. The summed E-state index contributed by atoms with van der Waals surface area (Å²) in [5.74, 6) is 0.205. The van der Waals surface area contributed by atoms with E-state index in [4.69, 9.17) is 20.3 Å². The second-order valence-electron chi connectivity index (χ2n) is 3.32. The third-order valence-electron chi connectivity index (χ3n) is 2.23. The molecule has 5 nitrogen and oxygen atoms in total. The Kier molecular flexibility index (Phi) is 6.38. The molecule has 0 bridgehead atoms. The van der Waals surface area contributed by atoms with E-state index in [-0.39, 0.29) is 18.8 Å². The Balaban J connectivity index is 0.00000256. The molecule has 1 unspecified atom stereocenters. The number of carboxylic acid groups (broad SMARTS) is 1. The van der Waals surface area contributed by atoms with Crippen LogP contribution in [0.3, 0.4) is 0 Å². The van der Waals surface area contributed by atoms with Crippen LogP contribution in [0.25, 0.3) is 0 Å². The van der Waals surface area contributed by atoms with Crippen molar-refractivity contribution >= 4 is 18.4 Å². The van der Waals surface area contributed by atoms with Gasteiger partial charge in [0.05, 0.1) is 20.6 Å². The molecule has 1 aromatic carbocycles. The van der Waals surface area contributed by atoms with Crippen molar-refractivity contribution in [1.82, 2.24) is 0 Å². The van der Waals surface area contributed by atoms with Crippen LogP contribution in [0.1, 0.15) is 18.0 Å². The lowest BCUT2D eigenvalue weighted by molar-refractivity contribution is -0.137. The van der Waals surface area contributed by atoms with E-state index in [0.29, 0.717) is 17.1 Å². The summed E-state index contributed by atoms with van der Waals surface area (Å²) in [4.78, 5) is 10.5. The van der Waals surface area contributed by atoms with E-state index in [9.17, 15) is 4.79 Å². The van der Waals surface area contributed by atoms with E-state index in [1.54, 1.807) is 18.2 Å². The van der Waals surface area contributed by atoms with Gasteiger partial charge in [0.1, 0.15) is 0 Å². The summed E-state index contributed by atoms with van der Waals surface area (Å²) in [6.07, 6.45) is -0.116. The quantitative estimate of drug-likeness (QED) is 0.841. The summed E-state index contributed by atoms with van der Waals surface area (Å²) in [5, 5.41) is 8.64. The molecule has 1 rings (SSSR count).